The summed E-state index contributed by atoms with van der Waals surface area (Å²) in [5.41, 5.74) is 3.59. The van der Waals surface area contributed by atoms with Crippen molar-refractivity contribution in [3.05, 3.63) is 77.4 Å². The third kappa shape index (κ3) is 9.85. The van der Waals surface area contributed by atoms with E-state index in [1.54, 1.807) is 0 Å². The Labute approximate surface area is 196 Å². The Balaban J connectivity index is 1.91. The molecule has 2 aromatic rings. The number of hydrogen-bond acceptors (Lipinski definition) is 1. The van der Waals surface area contributed by atoms with E-state index < -0.39 is 0 Å². The van der Waals surface area contributed by atoms with Gasteiger partial charge in [-0.1, -0.05) is 131 Å². The summed E-state index contributed by atoms with van der Waals surface area (Å²) in [6.07, 6.45) is 14.3. The lowest BCUT2D eigenvalue weighted by molar-refractivity contribution is -0.133. The smallest absolute Gasteiger partial charge is 0.223 e. The third-order valence-electron chi connectivity index (χ3n) is 6.20. The van der Waals surface area contributed by atoms with Crippen LogP contribution in [0.15, 0.2) is 66.2 Å². The lowest BCUT2D eigenvalue weighted by atomic mass is 10.0. The zero-order valence-corrected chi connectivity index (χ0v) is 20.6. The van der Waals surface area contributed by atoms with Crippen molar-refractivity contribution >= 4 is 12.0 Å². The van der Waals surface area contributed by atoms with Crippen LogP contribution in [0.1, 0.15) is 102 Å². The minimum Gasteiger partial charge on any atom is -0.332 e. The van der Waals surface area contributed by atoms with Gasteiger partial charge in [-0.15, -0.1) is 0 Å². The second-order valence-electron chi connectivity index (χ2n) is 9.09. The van der Waals surface area contributed by atoms with Gasteiger partial charge in [0.05, 0.1) is 6.04 Å². The molecule has 0 aliphatic heterocycles. The molecule has 174 valence electrons. The van der Waals surface area contributed by atoms with Gasteiger partial charge >= 0.3 is 0 Å². The van der Waals surface area contributed by atoms with E-state index >= 15 is 0 Å². The molecule has 2 nitrogen and oxygen atoms in total. The van der Waals surface area contributed by atoms with Crippen LogP contribution in [-0.2, 0) is 4.79 Å². The molecule has 0 spiro atoms. The number of benzene rings is 2. The first-order valence-electron chi connectivity index (χ1n) is 12.7. The second kappa shape index (κ2) is 15.5. The molecule has 0 saturated carbocycles. The fourth-order valence-electron chi connectivity index (χ4n) is 4.23. The summed E-state index contributed by atoms with van der Waals surface area (Å²) in [4.78, 5) is 15.3. The Bertz CT molecular complexity index is 781. The van der Waals surface area contributed by atoms with E-state index in [4.69, 9.17) is 0 Å². The van der Waals surface area contributed by atoms with Crippen molar-refractivity contribution in [2.24, 2.45) is 0 Å². The van der Waals surface area contributed by atoms with Crippen molar-refractivity contribution in [2.45, 2.75) is 91.0 Å². The molecular weight excluding hydrogens is 390 g/mol. The highest BCUT2D eigenvalue weighted by Gasteiger charge is 2.21. The average molecular weight is 434 g/mol. The van der Waals surface area contributed by atoms with Gasteiger partial charge in [0.15, 0.2) is 0 Å². The molecule has 0 aromatic heterocycles. The number of hydrogen-bond donors (Lipinski definition) is 0. The summed E-state index contributed by atoms with van der Waals surface area (Å²) in [5, 5.41) is 0. The minimum absolute atomic E-state index is 0.0707. The molecular formula is C30H43NO. The van der Waals surface area contributed by atoms with E-state index in [0.29, 0.717) is 13.0 Å². The van der Waals surface area contributed by atoms with Gasteiger partial charge in [0, 0.05) is 13.0 Å². The summed E-state index contributed by atoms with van der Waals surface area (Å²) in [6.45, 7) is 7.21. The van der Waals surface area contributed by atoms with Gasteiger partial charge in [-0.05, 0) is 31.4 Å². The van der Waals surface area contributed by atoms with Crippen molar-refractivity contribution in [1.29, 1.82) is 0 Å². The summed E-state index contributed by atoms with van der Waals surface area (Å²) in [7, 11) is 0. The topological polar surface area (TPSA) is 20.3 Å². The highest BCUT2D eigenvalue weighted by molar-refractivity contribution is 5.77. The van der Waals surface area contributed by atoms with Gasteiger partial charge in [-0.3, -0.25) is 4.79 Å². The van der Waals surface area contributed by atoms with Gasteiger partial charge in [-0.25, -0.2) is 0 Å². The van der Waals surface area contributed by atoms with Crippen LogP contribution >= 0.6 is 0 Å². The number of rotatable bonds is 15. The molecule has 1 unspecified atom stereocenters. The Hall–Kier alpha value is -2.35. The average Bonchev–Trinajstić information content (AvgIpc) is 2.82. The van der Waals surface area contributed by atoms with Crippen molar-refractivity contribution in [1.82, 2.24) is 4.90 Å². The van der Waals surface area contributed by atoms with Crippen LogP contribution in [-0.4, -0.2) is 17.4 Å². The van der Waals surface area contributed by atoms with E-state index in [1.807, 2.05) is 12.1 Å². The lowest BCUT2D eigenvalue weighted by Crippen LogP contribution is -2.34. The summed E-state index contributed by atoms with van der Waals surface area (Å²) < 4.78 is 0. The van der Waals surface area contributed by atoms with Crippen molar-refractivity contribution in [3.63, 3.8) is 0 Å². The molecule has 0 fully saturated rings. The molecule has 2 rings (SSSR count). The molecule has 0 saturated heterocycles. The maximum absolute atomic E-state index is 13.3. The maximum Gasteiger partial charge on any atom is 0.223 e. The minimum atomic E-state index is 0.0707. The summed E-state index contributed by atoms with van der Waals surface area (Å²) in [5.74, 6) is 0.269. The zero-order chi connectivity index (χ0) is 23.0. The predicted molar refractivity (Wildman–Crippen MR) is 139 cm³/mol. The molecule has 0 aliphatic carbocycles. The summed E-state index contributed by atoms with van der Waals surface area (Å²) >= 11 is 0. The van der Waals surface area contributed by atoms with Crippen molar-refractivity contribution in [3.8, 4) is 0 Å². The predicted octanol–water partition coefficient (Wildman–Crippen LogP) is 8.60. The molecule has 0 N–H and O–H groups in total. The molecule has 1 amide bonds. The first-order chi connectivity index (χ1) is 15.6. The highest BCUT2D eigenvalue weighted by atomic mass is 16.2. The van der Waals surface area contributed by atoms with E-state index in [2.05, 4.69) is 80.3 Å². The fraction of sp³-hybridized carbons (Fsp3) is 0.500. The van der Waals surface area contributed by atoms with Crippen LogP contribution in [0, 0.1) is 0 Å². The fourth-order valence-corrected chi connectivity index (χ4v) is 4.23. The van der Waals surface area contributed by atoms with Crippen LogP contribution in [0.2, 0.25) is 0 Å². The summed E-state index contributed by atoms with van der Waals surface area (Å²) in [6, 6.07) is 20.8. The Morgan fingerprint density at radius 2 is 1.34 bits per heavy atom. The van der Waals surface area contributed by atoms with E-state index in [9.17, 15) is 4.79 Å². The van der Waals surface area contributed by atoms with Gasteiger partial charge in [0.25, 0.3) is 0 Å². The molecule has 0 bridgehead atoms. The van der Waals surface area contributed by atoms with E-state index in [1.165, 1.54) is 61.6 Å². The van der Waals surface area contributed by atoms with E-state index in [0.717, 1.165) is 12.8 Å². The van der Waals surface area contributed by atoms with E-state index in [-0.39, 0.29) is 11.9 Å². The number of carbonyl (C=O) groups excluding carboxylic acids is 1. The number of nitrogens with zero attached hydrogens (tertiary/aromatic N) is 1. The van der Waals surface area contributed by atoms with Crippen LogP contribution in [0.5, 0.6) is 0 Å². The number of amides is 1. The first kappa shape index (κ1) is 25.9. The maximum atomic E-state index is 13.3. The highest BCUT2D eigenvalue weighted by Crippen LogP contribution is 2.23. The molecule has 0 radical (unpaired) electrons. The SMILES string of the molecule is CCCCCCCCCCCC(=O)N(C/C(C)=C/c1ccccc1)C(C)c1ccccc1. The van der Waals surface area contributed by atoms with Crippen LogP contribution in [0.3, 0.4) is 0 Å². The van der Waals surface area contributed by atoms with Crippen molar-refractivity contribution in [2.75, 3.05) is 6.54 Å². The Morgan fingerprint density at radius 1 is 0.812 bits per heavy atom. The molecule has 32 heavy (non-hydrogen) atoms. The van der Waals surface area contributed by atoms with Crippen LogP contribution in [0.25, 0.3) is 6.08 Å². The first-order valence-corrected chi connectivity index (χ1v) is 12.7. The Kier molecular flexibility index (Phi) is 12.5. The van der Waals surface area contributed by atoms with Crippen molar-refractivity contribution < 1.29 is 4.79 Å². The molecule has 2 aromatic carbocycles. The van der Waals surface area contributed by atoms with Crippen LogP contribution < -0.4 is 0 Å². The number of unbranched alkanes of at least 4 members (excludes halogenated alkanes) is 8. The van der Waals surface area contributed by atoms with Crippen LogP contribution in [0.4, 0.5) is 0 Å². The van der Waals surface area contributed by atoms with Gasteiger partial charge < -0.3 is 4.90 Å². The molecule has 0 heterocycles. The van der Waals surface area contributed by atoms with Gasteiger partial charge in [0.1, 0.15) is 0 Å². The normalized spacial score (nSPS) is 12.5. The number of carbonyl (C=O) groups is 1. The largest absolute Gasteiger partial charge is 0.332 e. The monoisotopic (exact) mass is 433 g/mol. The third-order valence-corrected chi connectivity index (χ3v) is 6.20. The molecule has 1 atom stereocenters. The lowest BCUT2D eigenvalue weighted by Gasteiger charge is -2.30. The van der Waals surface area contributed by atoms with Gasteiger partial charge in [-0.2, -0.15) is 0 Å². The standard InChI is InChI=1S/C30H43NO/c1-4-5-6-7-8-9-10-11-18-23-30(32)31(27(3)29-21-16-13-17-22-29)25-26(2)24-28-19-14-12-15-20-28/h12-17,19-22,24,27H,4-11,18,23,25H2,1-3H3/b26-24+. The quantitative estimate of drug-likeness (QED) is 0.257. The Morgan fingerprint density at radius 3 is 1.94 bits per heavy atom. The van der Waals surface area contributed by atoms with Gasteiger partial charge in [0.2, 0.25) is 5.91 Å². The second-order valence-corrected chi connectivity index (χ2v) is 9.09. The molecule has 0 aliphatic rings. The zero-order valence-electron chi connectivity index (χ0n) is 20.6. The molecule has 2 heteroatoms.